The van der Waals surface area contributed by atoms with Gasteiger partial charge in [-0.15, -0.1) is 0 Å². The van der Waals surface area contributed by atoms with Gasteiger partial charge in [0.1, 0.15) is 10.1 Å². The van der Waals surface area contributed by atoms with Gasteiger partial charge in [-0.25, -0.2) is 4.98 Å². The average Bonchev–Trinajstić information content (AvgIpc) is 2.79. The number of hydrogen-bond acceptors (Lipinski definition) is 4. The maximum atomic E-state index is 12.0. The number of halogens is 1. The average molecular weight is 312 g/mol. The second-order valence-electron chi connectivity index (χ2n) is 3.79. The number of nitrogens with one attached hydrogen (secondary N) is 1. The monoisotopic (exact) mass is 311 g/mol. The molecule has 17 heavy (non-hydrogen) atoms. The summed E-state index contributed by atoms with van der Waals surface area (Å²) < 4.78 is 0.497. The predicted octanol–water partition coefficient (Wildman–Crippen LogP) is 1.97. The highest BCUT2D eigenvalue weighted by Gasteiger charge is 2.36. The summed E-state index contributed by atoms with van der Waals surface area (Å²) in [5.74, 6) is 1.30. The van der Waals surface area contributed by atoms with Crippen LogP contribution in [0, 0.1) is 11.3 Å². The van der Waals surface area contributed by atoms with Crippen LogP contribution in [0.5, 0.6) is 0 Å². The fourth-order valence-corrected chi connectivity index (χ4v) is 3.32. The topological polar surface area (TPSA) is 65.8 Å². The zero-order chi connectivity index (χ0) is 12.3. The van der Waals surface area contributed by atoms with Crippen molar-refractivity contribution in [2.75, 3.05) is 11.5 Å². The van der Waals surface area contributed by atoms with Crippen LogP contribution in [-0.2, 0) is 0 Å². The molecule has 1 aliphatic rings. The molecule has 1 aromatic rings. The highest BCUT2D eigenvalue weighted by atomic mass is 79.9. The Labute approximate surface area is 112 Å². The Balaban J connectivity index is 2.17. The van der Waals surface area contributed by atoms with Crippen LogP contribution in [-0.4, -0.2) is 27.9 Å². The third-order valence-corrected chi connectivity index (χ3v) is 4.41. The number of nitrogens with zero attached hydrogens (tertiary/aromatic N) is 2. The molecule has 1 aromatic heterocycles. The molecule has 1 unspecified atom stereocenters. The fourth-order valence-electron chi connectivity index (χ4n) is 1.62. The lowest BCUT2D eigenvalue weighted by Gasteiger charge is -2.21. The number of aromatic nitrogens is 1. The lowest BCUT2D eigenvalue weighted by Crippen LogP contribution is -2.47. The smallest absolute Gasteiger partial charge is 0.255 e. The molecule has 1 fully saturated rings. The third kappa shape index (κ3) is 2.61. The first-order valence-electron chi connectivity index (χ1n) is 5.09. The SMILES string of the molecule is N#CC1(NC(=O)c2cccnc2Br)CCSC1. The van der Waals surface area contributed by atoms with Crippen molar-refractivity contribution in [2.45, 2.75) is 12.0 Å². The maximum Gasteiger partial charge on any atom is 0.255 e. The van der Waals surface area contributed by atoms with Crippen molar-refractivity contribution in [1.29, 1.82) is 5.26 Å². The van der Waals surface area contributed by atoms with Crippen LogP contribution in [0.2, 0.25) is 0 Å². The molecule has 4 nitrogen and oxygen atoms in total. The van der Waals surface area contributed by atoms with E-state index in [1.54, 1.807) is 30.1 Å². The Kier molecular flexibility index (Phi) is 3.69. The first-order chi connectivity index (χ1) is 8.17. The maximum absolute atomic E-state index is 12.0. The Morgan fingerprint density at radius 3 is 3.12 bits per heavy atom. The molecular weight excluding hydrogens is 302 g/mol. The van der Waals surface area contributed by atoms with Gasteiger partial charge in [0.2, 0.25) is 0 Å². The first-order valence-corrected chi connectivity index (χ1v) is 7.04. The summed E-state index contributed by atoms with van der Waals surface area (Å²) in [6.45, 7) is 0. The van der Waals surface area contributed by atoms with E-state index in [1.807, 2.05) is 0 Å². The molecule has 0 bridgehead atoms. The van der Waals surface area contributed by atoms with Crippen molar-refractivity contribution in [3.63, 3.8) is 0 Å². The Morgan fingerprint density at radius 1 is 1.71 bits per heavy atom. The van der Waals surface area contributed by atoms with Gasteiger partial charge < -0.3 is 5.32 Å². The van der Waals surface area contributed by atoms with E-state index in [2.05, 4.69) is 32.3 Å². The van der Waals surface area contributed by atoms with E-state index in [-0.39, 0.29) is 5.91 Å². The minimum Gasteiger partial charge on any atom is -0.333 e. The molecule has 1 aliphatic heterocycles. The highest BCUT2D eigenvalue weighted by Crippen LogP contribution is 2.28. The van der Waals surface area contributed by atoms with Crippen molar-refractivity contribution in [3.05, 3.63) is 28.5 Å². The molecule has 2 heterocycles. The van der Waals surface area contributed by atoms with E-state index < -0.39 is 5.54 Å². The molecule has 0 aliphatic carbocycles. The van der Waals surface area contributed by atoms with Crippen molar-refractivity contribution in [2.24, 2.45) is 0 Å². The number of carbonyl (C=O) groups excluding carboxylic acids is 1. The zero-order valence-electron chi connectivity index (χ0n) is 8.94. The van der Waals surface area contributed by atoms with Crippen molar-refractivity contribution in [3.8, 4) is 6.07 Å². The van der Waals surface area contributed by atoms with Crippen LogP contribution in [0.1, 0.15) is 16.8 Å². The number of pyridine rings is 1. The van der Waals surface area contributed by atoms with Crippen molar-refractivity contribution >= 4 is 33.6 Å². The molecule has 2 rings (SSSR count). The first kappa shape index (κ1) is 12.4. The molecule has 1 N–H and O–H groups in total. The largest absolute Gasteiger partial charge is 0.333 e. The molecule has 88 valence electrons. The lowest BCUT2D eigenvalue weighted by molar-refractivity contribution is 0.0925. The van der Waals surface area contributed by atoms with Gasteiger partial charge >= 0.3 is 0 Å². The molecule has 0 radical (unpaired) electrons. The van der Waals surface area contributed by atoms with E-state index in [0.29, 0.717) is 22.3 Å². The summed E-state index contributed by atoms with van der Waals surface area (Å²) >= 11 is 4.91. The standard InChI is InChI=1S/C11H10BrN3OS/c12-9-8(2-1-4-14-9)10(16)15-11(6-13)3-5-17-7-11/h1-2,4H,3,5,7H2,(H,15,16). The van der Waals surface area contributed by atoms with Gasteiger partial charge in [-0.05, 0) is 40.2 Å². The van der Waals surface area contributed by atoms with Gasteiger partial charge in [-0.3, -0.25) is 4.79 Å². The van der Waals surface area contributed by atoms with Crippen LogP contribution in [0.4, 0.5) is 0 Å². The summed E-state index contributed by atoms with van der Waals surface area (Å²) in [7, 11) is 0. The van der Waals surface area contributed by atoms with E-state index in [1.165, 1.54) is 0 Å². The highest BCUT2D eigenvalue weighted by molar-refractivity contribution is 9.10. The Morgan fingerprint density at radius 2 is 2.53 bits per heavy atom. The lowest BCUT2D eigenvalue weighted by atomic mass is 10.0. The van der Waals surface area contributed by atoms with Crippen LogP contribution < -0.4 is 5.32 Å². The molecule has 0 aromatic carbocycles. The van der Waals surface area contributed by atoms with E-state index in [9.17, 15) is 10.1 Å². The zero-order valence-corrected chi connectivity index (χ0v) is 11.3. The Bertz CT molecular complexity index is 480. The van der Waals surface area contributed by atoms with E-state index in [0.717, 1.165) is 5.75 Å². The van der Waals surface area contributed by atoms with E-state index >= 15 is 0 Å². The second-order valence-corrected chi connectivity index (χ2v) is 5.65. The molecule has 1 saturated heterocycles. The summed E-state index contributed by atoms with van der Waals surface area (Å²) in [5, 5.41) is 12.0. The van der Waals surface area contributed by atoms with Gasteiger partial charge in [0.15, 0.2) is 0 Å². The molecule has 0 saturated carbocycles. The molecular formula is C11H10BrN3OS. The quantitative estimate of drug-likeness (QED) is 0.848. The predicted molar refractivity (Wildman–Crippen MR) is 69.7 cm³/mol. The summed E-state index contributed by atoms with van der Waals surface area (Å²) in [4.78, 5) is 16.0. The minimum atomic E-state index is -0.725. The van der Waals surface area contributed by atoms with Gasteiger partial charge in [0, 0.05) is 11.9 Å². The van der Waals surface area contributed by atoms with Crippen molar-refractivity contribution in [1.82, 2.24) is 10.3 Å². The molecule has 6 heteroatoms. The fraction of sp³-hybridized carbons (Fsp3) is 0.364. The number of hydrogen-bond donors (Lipinski definition) is 1. The van der Waals surface area contributed by atoms with Crippen molar-refractivity contribution < 1.29 is 4.79 Å². The summed E-state index contributed by atoms with van der Waals surface area (Å²) in [5.41, 5.74) is -0.268. The number of thioether (sulfide) groups is 1. The number of nitriles is 1. The second kappa shape index (κ2) is 5.07. The molecule has 0 spiro atoms. The van der Waals surface area contributed by atoms with Crippen LogP contribution in [0.15, 0.2) is 22.9 Å². The van der Waals surface area contributed by atoms with Crippen LogP contribution in [0.25, 0.3) is 0 Å². The third-order valence-electron chi connectivity index (χ3n) is 2.59. The van der Waals surface area contributed by atoms with Crippen LogP contribution >= 0.6 is 27.7 Å². The van der Waals surface area contributed by atoms with Crippen LogP contribution in [0.3, 0.4) is 0 Å². The van der Waals surface area contributed by atoms with Gasteiger partial charge in [0.25, 0.3) is 5.91 Å². The summed E-state index contributed by atoms with van der Waals surface area (Å²) in [6.07, 6.45) is 2.30. The van der Waals surface area contributed by atoms with Gasteiger partial charge in [-0.2, -0.15) is 17.0 Å². The number of amides is 1. The number of carbonyl (C=O) groups is 1. The Hall–Kier alpha value is -1.06. The molecule has 1 atom stereocenters. The van der Waals surface area contributed by atoms with E-state index in [4.69, 9.17) is 0 Å². The number of rotatable bonds is 2. The summed E-state index contributed by atoms with van der Waals surface area (Å²) in [6, 6.07) is 5.59. The minimum absolute atomic E-state index is 0.256. The normalized spacial score (nSPS) is 23.1. The molecule has 1 amide bonds. The van der Waals surface area contributed by atoms with Gasteiger partial charge in [-0.1, -0.05) is 0 Å². The van der Waals surface area contributed by atoms with Gasteiger partial charge in [0.05, 0.1) is 11.6 Å².